The van der Waals surface area contributed by atoms with Crippen molar-refractivity contribution in [1.29, 1.82) is 0 Å². The van der Waals surface area contributed by atoms with Crippen LogP contribution in [0, 0.1) is 6.92 Å². The molecule has 1 rings (SSSR count). The topological polar surface area (TPSA) is 113 Å². The van der Waals surface area contributed by atoms with E-state index < -0.39 is 34.5 Å². The molecule has 0 bridgehead atoms. The van der Waals surface area contributed by atoms with E-state index in [4.69, 9.17) is 5.11 Å². The summed E-state index contributed by atoms with van der Waals surface area (Å²) in [6.07, 6.45) is 2.10. The van der Waals surface area contributed by atoms with Crippen LogP contribution >= 0.6 is 11.8 Å². The minimum Gasteiger partial charge on any atom is -0.480 e. The molecule has 7 nitrogen and oxygen atoms in total. The Morgan fingerprint density at radius 1 is 1.26 bits per heavy atom. The molecule has 0 spiro atoms. The summed E-state index contributed by atoms with van der Waals surface area (Å²) in [5.41, 5.74) is 0.919. The maximum atomic E-state index is 12.3. The highest BCUT2D eigenvalue weighted by Gasteiger charge is 2.25. The second-order valence-electron chi connectivity index (χ2n) is 4.88. The number of benzene rings is 1. The molecule has 1 aromatic carbocycles. The Balaban J connectivity index is 2.88. The van der Waals surface area contributed by atoms with Gasteiger partial charge in [-0.1, -0.05) is 17.7 Å². The molecule has 1 aromatic rings. The van der Waals surface area contributed by atoms with Crippen LogP contribution in [0.4, 0.5) is 0 Å². The lowest BCUT2D eigenvalue weighted by atomic mass is 10.2. The maximum Gasteiger partial charge on any atom is 0.322 e. The zero-order valence-corrected chi connectivity index (χ0v) is 14.5. The SMILES string of the molecule is CSCCC(NS(=O)(=O)c1ccc(C)cc1)C(=O)NCC(=O)O. The molecule has 0 saturated heterocycles. The number of thioether (sulfide) groups is 1. The van der Waals surface area contributed by atoms with E-state index in [-0.39, 0.29) is 11.3 Å². The van der Waals surface area contributed by atoms with Gasteiger partial charge < -0.3 is 10.4 Å². The first-order chi connectivity index (χ1) is 10.8. The Hall–Kier alpha value is -1.58. The molecule has 128 valence electrons. The van der Waals surface area contributed by atoms with Gasteiger partial charge in [0, 0.05) is 0 Å². The highest BCUT2D eigenvalue weighted by Crippen LogP contribution is 2.12. The summed E-state index contributed by atoms with van der Waals surface area (Å²) in [6.45, 7) is 1.28. The first-order valence-electron chi connectivity index (χ1n) is 6.83. The van der Waals surface area contributed by atoms with Crippen LogP contribution in [0.3, 0.4) is 0 Å². The van der Waals surface area contributed by atoms with Crippen molar-refractivity contribution in [3.63, 3.8) is 0 Å². The molecule has 3 N–H and O–H groups in total. The molecule has 0 saturated carbocycles. The van der Waals surface area contributed by atoms with Gasteiger partial charge in [0.25, 0.3) is 0 Å². The van der Waals surface area contributed by atoms with E-state index in [0.717, 1.165) is 5.56 Å². The lowest BCUT2D eigenvalue weighted by Gasteiger charge is -2.17. The van der Waals surface area contributed by atoms with Crippen LogP contribution in [-0.2, 0) is 19.6 Å². The molecule has 23 heavy (non-hydrogen) atoms. The third-order valence-corrected chi connectivity index (χ3v) is 5.10. The number of aryl methyl sites for hydroxylation is 1. The molecular weight excluding hydrogens is 340 g/mol. The number of hydrogen-bond acceptors (Lipinski definition) is 5. The normalized spacial score (nSPS) is 12.6. The number of carbonyl (C=O) groups excluding carboxylic acids is 1. The van der Waals surface area contributed by atoms with Crippen LogP contribution in [-0.4, -0.2) is 50.0 Å². The minimum absolute atomic E-state index is 0.0586. The number of amides is 1. The first-order valence-corrected chi connectivity index (χ1v) is 9.71. The van der Waals surface area contributed by atoms with Crippen LogP contribution in [0.5, 0.6) is 0 Å². The number of sulfonamides is 1. The van der Waals surface area contributed by atoms with Gasteiger partial charge in [-0.25, -0.2) is 8.42 Å². The fourth-order valence-corrected chi connectivity index (χ4v) is 3.44. The van der Waals surface area contributed by atoms with E-state index in [0.29, 0.717) is 5.75 Å². The van der Waals surface area contributed by atoms with E-state index in [1.807, 2.05) is 13.2 Å². The van der Waals surface area contributed by atoms with E-state index in [1.165, 1.54) is 23.9 Å². The molecule has 0 aliphatic rings. The fraction of sp³-hybridized carbons (Fsp3) is 0.429. The molecule has 1 atom stereocenters. The highest BCUT2D eigenvalue weighted by atomic mass is 32.2. The summed E-state index contributed by atoms with van der Waals surface area (Å²) in [7, 11) is -3.86. The van der Waals surface area contributed by atoms with Gasteiger partial charge in [-0.15, -0.1) is 0 Å². The van der Waals surface area contributed by atoms with Gasteiger partial charge in [0.15, 0.2) is 0 Å². The van der Waals surface area contributed by atoms with Crippen molar-refractivity contribution in [3.05, 3.63) is 29.8 Å². The van der Waals surface area contributed by atoms with Crippen molar-refractivity contribution in [3.8, 4) is 0 Å². The Labute approximate surface area is 139 Å². The number of hydrogen-bond donors (Lipinski definition) is 3. The molecular formula is C14H20N2O5S2. The molecule has 0 aromatic heterocycles. The largest absolute Gasteiger partial charge is 0.480 e. The van der Waals surface area contributed by atoms with Crippen molar-refractivity contribution >= 4 is 33.7 Å². The summed E-state index contributed by atoms with van der Waals surface area (Å²) in [5, 5.41) is 10.8. The van der Waals surface area contributed by atoms with E-state index in [2.05, 4.69) is 10.0 Å². The van der Waals surface area contributed by atoms with Gasteiger partial charge in [-0.3, -0.25) is 9.59 Å². The first kappa shape index (κ1) is 19.5. The summed E-state index contributed by atoms with van der Waals surface area (Å²) in [5.74, 6) is -1.29. The second kappa shape index (κ2) is 8.90. The van der Waals surface area contributed by atoms with Gasteiger partial charge in [0.2, 0.25) is 15.9 Å². The number of nitrogens with one attached hydrogen (secondary N) is 2. The number of aliphatic carboxylic acids is 1. The number of carboxylic acid groups (broad SMARTS) is 1. The molecule has 0 aliphatic carbocycles. The molecule has 0 fully saturated rings. The third kappa shape index (κ3) is 6.59. The summed E-state index contributed by atoms with van der Waals surface area (Å²) in [4.78, 5) is 22.6. The Morgan fingerprint density at radius 2 is 1.87 bits per heavy atom. The average Bonchev–Trinajstić information content (AvgIpc) is 2.49. The van der Waals surface area contributed by atoms with E-state index >= 15 is 0 Å². The van der Waals surface area contributed by atoms with Crippen LogP contribution in [0.25, 0.3) is 0 Å². The van der Waals surface area contributed by atoms with Crippen molar-refractivity contribution < 1.29 is 23.1 Å². The highest BCUT2D eigenvalue weighted by molar-refractivity contribution is 7.98. The Kier molecular flexibility index (Phi) is 7.53. The third-order valence-electron chi connectivity index (χ3n) is 2.97. The molecule has 1 amide bonds. The van der Waals surface area contributed by atoms with Crippen molar-refractivity contribution in [1.82, 2.24) is 10.0 Å². The zero-order chi connectivity index (χ0) is 17.5. The van der Waals surface area contributed by atoms with E-state index in [1.54, 1.807) is 12.1 Å². The maximum absolute atomic E-state index is 12.3. The predicted octanol–water partition coefficient (Wildman–Crippen LogP) is 0.596. The number of carboxylic acids is 1. The summed E-state index contributed by atoms with van der Waals surface area (Å²) < 4.78 is 27.0. The molecule has 1 unspecified atom stereocenters. The monoisotopic (exact) mass is 360 g/mol. The number of rotatable bonds is 9. The molecule has 0 aliphatic heterocycles. The molecule has 0 heterocycles. The zero-order valence-electron chi connectivity index (χ0n) is 12.9. The summed E-state index contributed by atoms with van der Waals surface area (Å²) >= 11 is 1.46. The molecule has 0 radical (unpaired) electrons. The van der Waals surface area contributed by atoms with Crippen molar-refractivity contribution in [2.24, 2.45) is 0 Å². The van der Waals surface area contributed by atoms with Gasteiger partial charge in [-0.05, 0) is 37.5 Å². The standard InChI is InChI=1S/C14H20N2O5S2/c1-10-3-5-11(6-4-10)23(20,21)16-12(7-8-22-2)14(19)15-9-13(17)18/h3-6,12,16H,7-9H2,1-2H3,(H,15,19)(H,17,18). The Bertz CT molecular complexity index is 644. The van der Waals surface area contributed by atoms with Crippen molar-refractivity contribution in [2.45, 2.75) is 24.3 Å². The fourth-order valence-electron chi connectivity index (χ4n) is 1.74. The molecule has 9 heteroatoms. The van der Waals surface area contributed by atoms with Crippen molar-refractivity contribution in [2.75, 3.05) is 18.6 Å². The number of carbonyl (C=O) groups is 2. The predicted molar refractivity (Wildman–Crippen MR) is 88.9 cm³/mol. The van der Waals surface area contributed by atoms with Crippen LogP contribution in [0.2, 0.25) is 0 Å². The quantitative estimate of drug-likeness (QED) is 0.594. The summed E-state index contributed by atoms with van der Waals surface area (Å²) in [6, 6.07) is 5.22. The van der Waals surface area contributed by atoms with Crippen LogP contribution in [0.15, 0.2) is 29.2 Å². The Morgan fingerprint density at radius 3 is 2.39 bits per heavy atom. The lowest BCUT2D eigenvalue weighted by molar-refractivity contribution is -0.138. The smallest absolute Gasteiger partial charge is 0.322 e. The van der Waals surface area contributed by atoms with Gasteiger partial charge >= 0.3 is 5.97 Å². The minimum atomic E-state index is -3.86. The van der Waals surface area contributed by atoms with Crippen LogP contribution in [0.1, 0.15) is 12.0 Å². The second-order valence-corrected chi connectivity index (χ2v) is 7.58. The van der Waals surface area contributed by atoms with Gasteiger partial charge in [0.05, 0.1) is 4.90 Å². The lowest BCUT2D eigenvalue weighted by Crippen LogP contribution is -2.48. The average molecular weight is 360 g/mol. The van der Waals surface area contributed by atoms with Crippen LogP contribution < -0.4 is 10.0 Å². The van der Waals surface area contributed by atoms with Gasteiger partial charge in [0.1, 0.15) is 12.6 Å². The van der Waals surface area contributed by atoms with E-state index in [9.17, 15) is 18.0 Å². The van der Waals surface area contributed by atoms with Gasteiger partial charge in [-0.2, -0.15) is 16.5 Å².